The van der Waals surface area contributed by atoms with E-state index in [1.165, 1.54) is 6.07 Å². The molecule has 78 valence electrons. The fourth-order valence-electron chi connectivity index (χ4n) is 0.812. The average Bonchev–Trinajstić information content (AvgIpc) is 2.14. The van der Waals surface area contributed by atoms with Crippen LogP contribution in [0.25, 0.3) is 0 Å². The fourth-order valence-corrected chi connectivity index (χ4v) is 0.812. The Morgan fingerprint density at radius 2 is 2.00 bits per heavy atom. The predicted molar refractivity (Wildman–Crippen MR) is 48.7 cm³/mol. The molecule has 0 fully saturated rings. The molecule has 0 aromatic carbocycles. The van der Waals surface area contributed by atoms with E-state index in [1.54, 1.807) is 0 Å². The molecule has 1 aromatic rings. The molecule has 0 saturated carbocycles. The number of rotatable bonds is 4. The zero-order valence-corrected chi connectivity index (χ0v) is 7.17. The van der Waals surface area contributed by atoms with Crippen molar-refractivity contribution in [1.29, 1.82) is 0 Å². The lowest BCUT2D eigenvalue weighted by Crippen LogP contribution is -2.14. The lowest BCUT2D eigenvalue weighted by atomic mass is 10.5. The van der Waals surface area contributed by atoms with E-state index in [0.717, 1.165) is 0 Å². The normalized spacial score (nSPS) is 10.3. The number of hydrogen-bond acceptors (Lipinski definition) is 6. The number of nitrogens with one attached hydrogen (secondary N) is 2. The molecule has 0 saturated heterocycles. The molecule has 0 aliphatic carbocycles. The summed E-state index contributed by atoms with van der Waals surface area (Å²) in [5.74, 6) is 5.49. The van der Waals surface area contributed by atoms with Crippen LogP contribution in [0, 0.1) is 0 Å². The summed E-state index contributed by atoms with van der Waals surface area (Å²) < 4.78 is 23.7. The first-order valence-corrected chi connectivity index (χ1v) is 3.75. The molecule has 0 aliphatic rings. The zero-order chi connectivity index (χ0) is 10.6. The zero-order valence-electron chi connectivity index (χ0n) is 7.17. The van der Waals surface area contributed by atoms with Gasteiger partial charge >= 0.3 is 0 Å². The maximum atomic E-state index is 11.8. The lowest BCUT2D eigenvalue weighted by molar-refractivity contribution is 0.163. The number of aromatic nitrogens is 2. The fraction of sp³-hybridized carbons (Fsp3) is 0.333. The molecule has 0 atom stereocenters. The van der Waals surface area contributed by atoms with Gasteiger partial charge in [0, 0.05) is 6.07 Å². The highest BCUT2D eigenvalue weighted by atomic mass is 19.3. The first-order chi connectivity index (χ1) is 6.61. The van der Waals surface area contributed by atoms with Crippen LogP contribution in [-0.2, 0) is 0 Å². The minimum atomic E-state index is -2.46. The van der Waals surface area contributed by atoms with Gasteiger partial charge in [-0.2, -0.15) is 9.97 Å². The van der Waals surface area contributed by atoms with E-state index in [2.05, 4.69) is 20.7 Å². The van der Waals surface area contributed by atoms with Crippen LogP contribution in [0.15, 0.2) is 6.07 Å². The Balaban J connectivity index is 2.71. The Morgan fingerprint density at radius 1 is 1.36 bits per heavy atom. The minimum absolute atomic E-state index is 0.0442. The number of halogens is 2. The van der Waals surface area contributed by atoms with Gasteiger partial charge in [-0.1, -0.05) is 0 Å². The van der Waals surface area contributed by atoms with E-state index in [1.807, 2.05) is 0 Å². The van der Waals surface area contributed by atoms with Crippen molar-refractivity contribution in [1.82, 2.24) is 9.97 Å². The van der Waals surface area contributed by atoms with Gasteiger partial charge in [-0.25, -0.2) is 14.6 Å². The highest BCUT2D eigenvalue weighted by Gasteiger charge is 2.04. The predicted octanol–water partition coefficient (Wildman–Crippen LogP) is 0.0214. The van der Waals surface area contributed by atoms with Crippen LogP contribution >= 0.6 is 0 Å². The van der Waals surface area contributed by atoms with Crippen LogP contribution in [0.3, 0.4) is 0 Å². The molecule has 0 radical (unpaired) electrons. The van der Waals surface area contributed by atoms with Crippen molar-refractivity contribution in [3.05, 3.63) is 6.07 Å². The van der Waals surface area contributed by atoms with Gasteiger partial charge in [0.1, 0.15) is 11.6 Å². The van der Waals surface area contributed by atoms with Gasteiger partial charge in [-0.05, 0) is 0 Å². The topological polar surface area (TPSA) is 102 Å². The van der Waals surface area contributed by atoms with Crippen molar-refractivity contribution in [3.63, 3.8) is 0 Å². The van der Waals surface area contributed by atoms with Gasteiger partial charge in [0.15, 0.2) is 0 Å². The molecule has 14 heavy (non-hydrogen) atoms. The number of nitrogens with two attached hydrogens (primary N) is 2. The maximum absolute atomic E-state index is 11.8. The summed E-state index contributed by atoms with van der Waals surface area (Å²) in [5.41, 5.74) is 7.53. The summed E-state index contributed by atoms with van der Waals surface area (Å²) in [5, 5.41) is 2.38. The second-order valence-electron chi connectivity index (χ2n) is 2.41. The molecule has 1 aromatic heterocycles. The van der Waals surface area contributed by atoms with E-state index < -0.39 is 13.0 Å². The smallest absolute Gasteiger partial charge is 0.255 e. The van der Waals surface area contributed by atoms with E-state index in [0.29, 0.717) is 0 Å². The molecule has 0 amide bonds. The summed E-state index contributed by atoms with van der Waals surface area (Å²) in [7, 11) is 0. The molecule has 1 heterocycles. The first kappa shape index (κ1) is 10.4. The van der Waals surface area contributed by atoms with Crippen LogP contribution in [0.4, 0.5) is 26.4 Å². The van der Waals surface area contributed by atoms with Crippen molar-refractivity contribution in [2.45, 2.75) is 6.43 Å². The number of hydrazine groups is 1. The van der Waals surface area contributed by atoms with Crippen molar-refractivity contribution < 1.29 is 8.78 Å². The number of nitrogen functional groups attached to an aromatic ring is 2. The third kappa shape index (κ3) is 2.98. The van der Waals surface area contributed by atoms with E-state index in [4.69, 9.17) is 11.6 Å². The van der Waals surface area contributed by atoms with Crippen LogP contribution in [0.2, 0.25) is 0 Å². The second-order valence-corrected chi connectivity index (χ2v) is 2.41. The maximum Gasteiger partial charge on any atom is 0.255 e. The molecule has 0 bridgehead atoms. The van der Waals surface area contributed by atoms with E-state index in [9.17, 15) is 8.78 Å². The Bertz CT molecular complexity index is 304. The first-order valence-electron chi connectivity index (χ1n) is 3.75. The third-order valence-corrected chi connectivity index (χ3v) is 1.33. The van der Waals surface area contributed by atoms with Gasteiger partial charge < -0.3 is 16.5 Å². The van der Waals surface area contributed by atoms with Gasteiger partial charge in [0.25, 0.3) is 6.43 Å². The molecule has 0 unspecified atom stereocenters. The largest absolute Gasteiger partial charge is 0.368 e. The molecule has 0 spiro atoms. The Kier molecular flexibility index (Phi) is 3.35. The summed E-state index contributed by atoms with van der Waals surface area (Å²) >= 11 is 0. The summed E-state index contributed by atoms with van der Waals surface area (Å²) in [6, 6.07) is 1.37. The highest BCUT2D eigenvalue weighted by molar-refractivity contribution is 5.50. The van der Waals surface area contributed by atoms with Gasteiger partial charge in [0.05, 0.1) is 6.54 Å². The molecule has 6 N–H and O–H groups in total. The quantitative estimate of drug-likeness (QED) is 0.407. The summed E-state index contributed by atoms with van der Waals surface area (Å²) in [6.07, 6.45) is -2.46. The SMILES string of the molecule is NNc1cc(NCC(F)F)nc(N)n1. The number of hydrogen-bond donors (Lipinski definition) is 4. The number of nitrogens with zero attached hydrogens (tertiary/aromatic N) is 2. The number of alkyl halides is 2. The van der Waals surface area contributed by atoms with Gasteiger partial charge in [-0.15, -0.1) is 0 Å². The summed E-state index contributed by atoms with van der Waals surface area (Å²) in [6.45, 7) is -0.500. The molecular weight excluding hydrogens is 194 g/mol. The summed E-state index contributed by atoms with van der Waals surface area (Å²) in [4.78, 5) is 7.36. The van der Waals surface area contributed by atoms with Crippen molar-refractivity contribution in [3.8, 4) is 0 Å². The molecule has 0 aliphatic heterocycles. The Labute approximate surface area is 78.7 Å². The van der Waals surface area contributed by atoms with Crippen molar-refractivity contribution >= 4 is 17.6 Å². The Hall–Kier alpha value is -1.70. The molecule has 1 rings (SSSR count). The standard InChI is InChI=1S/C6H10F2N6/c7-3(8)2-11-4-1-5(14-10)13-6(9)12-4/h1,3H,2,10H2,(H4,9,11,12,13,14). The molecular formula is C6H10F2N6. The van der Waals surface area contributed by atoms with Crippen LogP contribution in [0.5, 0.6) is 0 Å². The molecule has 6 nitrogen and oxygen atoms in total. The Morgan fingerprint density at radius 3 is 2.57 bits per heavy atom. The molecule has 8 heteroatoms. The van der Waals surface area contributed by atoms with Crippen LogP contribution in [0.1, 0.15) is 0 Å². The van der Waals surface area contributed by atoms with Gasteiger partial charge in [0.2, 0.25) is 5.95 Å². The van der Waals surface area contributed by atoms with Crippen molar-refractivity contribution in [2.24, 2.45) is 5.84 Å². The van der Waals surface area contributed by atoms with Crippen LogP contribution in [-0.4, -0.2) is 22.9 Å². The third-order valence-electron chi connectivity index (χ3n) is 1.33. The number of anilines is 3. The monoisotopic (exact) mass is 204 g/mol. The van der Waals surface area contributed by atoms with Crippen LogP contribution < -0.4 is 22.3 Å². The van der Waals surface area contributed by atoms with E-state index >= 15 is 0 Å². The minimum Gasteiger partial charge on any atom is -0.368 e. The van der Waals surface area contributed by atoms with E-state index in [-0.39, 0.29) is 17.6 Å². The second kappa shape index (κ2) is 4.51. The highest BCUT2D eigenvalue weighted by Crippen LogP contribution is 2.11. The average molecular weight is 204 g/mol. The van der Waals surface area contributed by atoms with Crippen molar-refractivity contribution in [2.75, 3.05) is 23.0 Å². The van der Waals surface area contributed by atoms with Gasteiger partial charge in [-0.3, -0.25) is 0 Å². The lowest BCUT2D eigenvalue weighted by Gasteiger charge is -2.06.